The number of carboxylic acids is 1. The van der Waals surface area contributed by atoms with Crippen LogP contribution in [0.3, 0.4) is 0 Å². The molecule has 0 saturated carbocycles. The van der Waals surface area contributed by atoms with Gasteiger partial charge in [0, 0.05) is 5.56 Å². The zero-order chi connectivity index (χ0) is 16.6. The number of carbonyl (C=O) groups is 2. The predicted octanol–water partition coefficient (Wildman–Crippen LogP) is 3.13. The molecule has 0 spiro atoms. The lowest BCUT2D eigenvalue weighted by Gasteiger charge is -2.07. The lowest BCUT2D eigenvalue weighted by Crippen LogP contribution is -2.10. The van der Waals surface area contributed by atoms with Crippen LogP contribution in [0.4, 0.5) is 4.39 Å². The van der Waals surface area contributed by atoms with Crippen LogP contribution < -0.4 is 0 Å². The molecule has 0 aliphatic rings. The molecule has 0 aliphatic carbocycles. The number of carboxylic acid groups (broad SMARTS) is 1. The largest absolute Gasteiger partial charge is 0.480 e. The van der Waals surface area contributed by atoms with Gasteiger partial charge in [0.25, 0.3) is 0 Å². The number of nitrogens with zero attached hydrogens (tertiary/aromatic N) is 2. The van der Waals surface area contributed by atoms with E-state index in [1.54, 1.807) is 36.4 Å². The Kier molecular flexibility index (Phi) is 3.65. The zero-order valence-corrected chi connectivity index (χ0v) is 12.3. The monoisotopic (exact) mass is 312 g/mol. The third-order valence-corrected chi connectivity index (χ3v) is 3.56. The van der Waals surface area contributed by atoms with E-state index < -0.39 is 11.8 Å². The van der Waals surface area contributed by atoms with Crippen molar-refractivity contribution in [2.45, 2.75) is 13.5 Å². The lowest BCUT2D eigenvalue weighted by molar-refractivity contribution is -0.137. The zero-order valence-electron chi connectivity index (χ0n) is 12.3. The van der Waals surface area contributed by atoms with Crippen molar-refractivity contribution in [3.8, 4) is 11.4 Å². The van der Waals surface area contributed by atoms with E-state index in [1.807, 2.05) is 0 Å². The highest BCUT2D eigenvalue weighted by molar-refractivity contribution is 5.98. The molecule has 6 heteroatoms. The molecule has 3 aromatic rings. The third-order valence-electron chi connectivity index (χ3n) is 3.56. The van der Waals surface area contributed by atoms with Crippen LogP contribution in [0.15, 0.2) is 42.5 Å². The predicted molar refractivity (Wildman–Crippen MR) is 82.8 cm³/mol. The number of hydrogen-bond donors (Lipinski definition) is 1. The normalized spacial score (nSPS) is 10.9. The molecule has 0 unspecified atom stereocenters. The number of imidazole rings is 1. The summed E-state index contributed by atoms with van der Waals surface area (Å²) in [6.07, 6.45) is 0. The molecule has 0 amide bonds. The number of Topliss-reactive ketones (excluding diaryl/α,β-unsaturated/α-hetero) is 1. The van der Waals surface area contributed by atoms with Crippen molar-refractivity contribution >= 4 is 22.8 Å². The summed E-state index contributed by atoms with van der Waals surface area (Å²) in [5, 5.41) is 9.13. The van der Waals surface area contributed by atoms with Crippen molar-refractivity contribution in [2.24, 2.45) is 0 Å². The van der Waals surface area contributed by atoms with Crippen LogP contribution in [-0.4, -0.2) is 26.4 Å². The topological polar surface area (TPSA) is 72.2 Å². The van der Waals surface area contributed by atoms with Gasteiger partial charge in [-0.1, -0.05) is 12.1 Å². The number of benzene rings is 2. The van der Waals surface area contributed by atoms with Crippen LogP contribution in [0.1, 0.15) is 17.3 Å². The highest BCUT2D eigenvalue weighted by atomic mass is 19.1. The van der Waals surface area contributed by atoms with E-state index >= 15 is 0 Å². The fourth-order valence-corrected chi connectivity index (χ4v) is 2.49. The Balaban J connectivity index is 2.29. The number of halogens is 1. The van der Waals surface area contributed by atoms with E-state index in [0.717, 1.165) is 0 Å². The smallest absolute Gasteiger partial charge is 0.323 e. The van der Waals surface area contributed by atoms with Crippen LogP contribution in [0.25, 0.3) is 22.4 Å². The summed E-state index contributed by atoms with van der Waals surface area (Å²) in [6.45, 7) is 1.09. The van der Waals surface area contributed by atoms with Gasteiger partial charge in [0.15, 0.2) is 5.78 Å². The standard InChI is InChI=1S/C17H13FN2O3/c1-10(21)11-6-7-15-14(8-11)19-17(20(15)9-16(22)23)12-4-2-3-5-13(12)18/h2-8H,9H2,1H3,(H,22,23). The number of hydrogen-bond acceptors (Lipinski definition) is 3. The summed E-state index contributed by atoms with van der Waals surface area (Å²) in [5.74, 6) is -1.44. The van der Waals surface area contributed by atoms with Gasteiger partial charge in [0.05, 0.1) is 16.6 Å². The Labute approximate surface area is 131 Å². The summed E-state index contributed by atoms with van der Waals surface area (Å²) in [6, 6.07) is 10.9. The Hall–Kier alpha value is -3.02. The van der Waals surface area contributed by atoms with Crippen molar-refractivity contribution in [3.63, 3.8) is 0 Å². The van der Waals surface area contributed by atoms with Gasteiger partial charge < -0.3 is 9.67 Å². The fourth-order valence-electron chi connectivity index (χ4n) is 2.49. The van der Waals surface area contributed by atoms with Crippen LogP contribution in [0.2, 0.25) is 0 Å². The van der Waals surface area contributed by atoms with E-state index in [4.69, 9.17) is 5.11 Å². The molecule has 0 atom stereocenters. The van der Waals surface area contributed by atoms with Crippen LogP contribution in [0, 0.1) is 5.82 Å². The first kappa shape index (κ1) is 14.9. The number of rotatable bonds is 4. The summed E-state index contributed by atoms with van der Waals surface area (Å²) >= 11 is 0. The first-order valence-corrected chi connectivity index (χ1v) is 6.95. The second-order valence-electron chi connectivity index (χ2n) is 5.15. The quantitative estimate of drug-likeness (QED) is 0.751. The van der Waals surface area contributed by atoms with Gasteiger partial charge in [-0.25, -0.2) is 9.37 Å². The van der Waals surface area contributed by atoms with Crippen LogP contribution in [-0.2, 0) is 11.3 Å². The molecule has 0 fully saturated rings. The molecule has 2 aromatic carbocycles. The molecule has 1 N–H and O–H groups in total. The van der Waals surface area contributed by atoms with E-state index in [2.05, 4.69) is 4.98 Å². The molecule has 1 heterocycles. The minimum atomic E-state index is -1.06. The molecule has 3 rings (SSSR count). The van der Waals surface area contributed by atoms with Crippen molar-refractivity contribution in [3.05, 3.63) is 53.8 Å². The van der Waals surface area contributed by atoms with Gasteiger partial charge >= 0.3 is 5.97 Å². The number of aromatic nitrogens is 2. The molecule has 0 bridgehead atoms. The minimum absolute atomic E-state index is 0.118. The highest BCUT2D eigenvalue weighted by Crippen LogP contribution is 2.27. The SMILES string of the molecule is CC(=O)c1ccc2c(c1)nc(-c1ccccc1F)n2CC(=O)O. The maximum Gasteiger partial charge on any atom is 0.323 e. The van der Waals surface area contributed by atoms with E-state index in [-0.39, 0.29) is 23.7 Å². The molecule has 0 saturated heterocycles. The van der Waals surface area contributed by atoms with E-state index in [0.29, 0.717) is 16.6 Å². The molecule has 23 heavy (non-hydrogen) atoms. The summed E-state index contributed by atoms with van der Waals surface area (Å²) in [4.78, 5) is 27.0. The maximum atomic E-state index is 14.1. The Morgan fingerprint density at radius 1 is 1.22 bits per heavy atom. The lowest BCUT2D eigenvalue weighted by atomic mass is 10.1. The second kappa shape index (κ2) is 5.64. The number of carbonyl (C=O) groups excluding carboxylic acids is 1. The Morgan fingerprint density at radius 2 is 1.96 bits per heavy atom. The van der Waals surface area contributed by atoms with Crippen LogP contribution >= 0.6 is 0 Å². The summed E-state index contributed by atoms with van der Waals surface area (Å²) in [5.41, 5.74) is 1.68. The van der Waals surface area contributed by atoms with Gasteiger partial charge in [-0.15, -0.1) is 0 Å². The Morgan fingerprint density at radius 3 is 2.61 bits per heavy atom. The van der Waals surface area contributed by atoms with Crippen molar-refractivity contribution < 1.29 is 19.1 Å². The molecule has 1 aromatic heterocycles. The van der Waals surface area contributed by atoms with Gasteiger partial charge in [-0.05, 0) is 37.3 Å². The maximum absolute atomic E-state index is 14.1. The molecular formula is C17H13FN2O3. The summed E-state index contributed by atoms with van der Waals surface area (Å²) in [7, 11) is 0. The fraction of sp³-hybridized carbons (Fsp3) is 0.118. The first-order valence-electron chi connectivity index (χ1n) is 6.95. The number of fused-ring (bicyclic) bond motifs is 1. The van der Waals surface area contributed by atoms with Crippen molar-refractivity contribution in [1.29, 1.82) is 0 Å². The molecule has 116 valence electrons. The van der Waals surface area contributed by atoms with E-state index in [1.165, 1.54) is 17.6 Å². The third kappa shape index (κ3) is 2.70. The van der Waals surface area contributed by atoms with Gasteiger partial charge in [0.1, 0.15) is 18.2 Å². The van der Waals surface area contributed by atoms with Gasteiger partial charge in [0.2, 0.25) is 0 Å². The summed E-state index contributed by atoms with van der Waals surface area (Å²) < 4.78 is 15.5. The van der Waals surface area contributed by atoms with Crippen molar-refractivity contribution in [1.82, 2.24) is 9.55 Å². The van der Waals surface area contributed by atoms with Crippen molar-refractivity contribution in [2.75, 3.05) is 0 Å². The number of aliphatic carboxylic acids is 1. The molecule has 0 aliphatic heterocycles. The average molecular weight is 312 g/mol. The minimum Gasteiger partial charge on any atom is -0.480 e. The highest BCUT2D eigenvalue weighted by Gasteiger charge is 2.18. The van der Waals surface area contributed by atoms with Gasteiger partial charge in [-0.3, -0.25) is 9.59 Å². The van der Waals surface area contributed by atoms with E-state index in [9.17, 15) is 14.0 Å². The van der Waals surface area contributed by atoms with Gasteiger partial charge in [-0.2, -0.15) is 0 Å². The molecular weight excluding hydrogens is 299 g/mol. The van der Waals surface area contributed by atoms with Crippen LogP contribution in [0.5, 0.6) is 0 Å². The molecule has 0 radical (unpaired) electrons. The average Bonchev–Trinajstić information content (AvgIpc) is 2.85. The molecule has 5 nitrogen and oxygen atoms in total. The number of ketones is 1. The Bertz CT molecular complexity index is 931. The second-order valence-corrected chi connectivity index (χ2v) is 5.15. The first-order chi connectivity index (χ1) is 11.0.